The largest absolute Gasteiger partial charge is 0.322 e. The van der Waals surface area contributed by atoms with E-state index in [9.17, 15) is 23.3 Å². The molecular weight excluding hydrogens is 320 g/mol. The molecule has 0 heterocycles. The molecule has 2 rings (SSSR count). The van der Waals surface area contributed by atoms with Crippen molar-refractivity contribution >= 4 is 27.1 Å². The minimum Gasteiger partial charge on any atom is -0.322 e. The first kappa shape index (κ1) is 16.6. The van der Waals surface area contributed by atoms with Crippen molar-refractivity contribution in [3.63, 3.8) is 0 Å². The van der Waals surface area contributed by atoms with Crippen LogP contribution < -0.4 is 5.32 Å². The van der Waals surface area contributed by atoms with Gasteiger partial charge in [-0.2, -0.15) is 0 Å². The first-order chi connectivity index (χ1) is 10.7. The van der Waals surface area contributed by atoms with E-state index in [1.165, 1.54) is 30.3 Å². The van der Waals surface area contributed by atoms with Crippen LogP contribution in [0.3, 0.4) is 0 Å². The fourth-order valence-electron chi connectivity index (χ4n) is 1.94. The number of sulfone groups is 1. The highest BCUT2D eigenvalue weighted by Gasteiger charge is 2.14. The van der Waals surface area contributed by atoms with E-state index in [1.807, 2.05) is 0 Å². The van der Waals surface area contributed by atoms with E-state index in [-0.39, 0.29) is 16.1 Å². The number of carbonyl (C=O) groups excluding carboxylic acids is 1. The normalized spacial score (nSPS) is 11.0. The molecule has 0 aliphatic carbocycles. The van der Waals surface area contributed by atoms with E-state index in [4.69, 9.17) is 0 Å². The Hall–Kier alpha value is -2.74. The Morgan fingerprint density at radius 2 is 1.74 bits per heavy atom. The Bertz CT molecular complexity index is 873. The Labute approximate surface area is 133 Å². The average molecular weight is 334 g/mol. The highest BCUT2D eigenvalue weighted by atomic mass is 32.2. The Kier molecular flexibility index (Phi) is 4.46. The summed E-state index contributed by atoms with van der Waals surface area (Å²) in [7, 11) is -3.33. The van der Waals surface area contributed by atoms with Crippen molar-refractivity contribution in [2.24, 2.45) is 0 Å². The molecule has 0 aliphatic heterocycles. The van der Waals surface area contributed by atoms with Crippen molar-refractivity contribution < 1.29 is 18.1 Å². The Morgan fingerprint density at radius 3 is 2.26 bits per heavy atom. The molecular formula is C15H14N2O5S. The first-order valence-corrected chi connectivity index (χ1v) is 8.44. The third-order valence-electron chi connectivity index (χ3n) is 3.21. The van der Waals surface area contributed by atoms with E-state index >= 15 is 0 Å². The first-order valence-electron chi connectivity index (χ1n) is 6.55. The fourth-order valence-corrected chi connectivity index (χ4v) is 2.57. The summed E-state index contributed by atoms with van der Waals surface area (Å²) in [6, 6.07) is 9.82. The summed E-state index contributed by atoms with van der Waals surface area (Å²) in [4.78, 5) is 22.6. The summed E-state index contributed by atoms with van der Waals surface area (Å²) < 4.78 is 22.7. The number of hydrogen-bond acceptors (Lipinski definition) is 5. The van der Waals surface area contributed by atoms with E-state index < -0.39 is 20.7 Å². The van der Waals surface area contributed by atoms with Crippen LogP contribution in [0.5, 0.6) is 0 Å². The molecule has 1 N–H and O–H groups in total. The molecule has 8 heteroatoms. The van der Waals surface area contributed by atoms with E-state index in [0.717, 1.165) is 6.26 Å². The van der Waals surface area contributed by atoms with E-state index in [1.54, 1.807) is 19.1 Å². The summed E-state index contributed by atoms with van der Waals surface area (Å²) in [5.74, 6) is -0.483. The van der Waals surface area contributed by atoms with Gasteiger partial charge in [0.2, 0.25) is 0 Å². The van der Waals surface area contributed by atoms with Gasteiger partial charge in [0.25, 0.3) is 11.6 Å². The molecule has 0 fully saturated rings. The molecule has 1 amide bonds. The number of rotatable bonds is 4. The second-order valence-electron chi connectivity index (χ2n) is 5.01. The molecule has 23 heavy (non-hydrogen) atoms. The van der Waals surface area contributed by atoms with Gasteiger partial charge in [0, 0.05) is 29.1 Å². The molecule has 0 spiro atoms. The molecule has 0 radical (unpaired) electrons. The zero-order valence-electron chi connectivity index (χ0n) is 12.4. The maximum atomic E-state index is 12.1. The van der Waals surface area contributed by atoms with Crippen LogP contribution in [0.15, 0.2) is 47.4 Å². The van der Waals surface area contributed by atoms with Crippen LogP contribution >= 0.6 is 0 Å². The number of nitro benzene ring substituents is 1. The minimum atomic E-state index is -3.33. The molecule has 7 nitrogen and oxygen atoms in total. The number of anilines is 1. The molecule has 120 valence electrons. The van der Waals surface area contributed by atoms with Crippen LogP contribution in [-0.2, 0) is 9.84 Å². The van der Waals surface area contributed by atoms with Crippen molar-refractivity contribution in [1.82, 2.24) is 0 Å². The SMILES string of the molecule is Cc1ccc(NC(=O)c2ccc(S(C)(=O)=O)cc2)cc1[N+](=O)[O-]. The third-order valence-corrected chi connectivity index (χ3v) is 4.34. The molecule has 0 atom stereocenters. The molecule has 2 aromatic rings. The lowest BCUT2D eigenvalue weighted by atomic mass is 10.1. The summed E-state index contributed by atoms with van der Waals surface area (Å²) >= 11 is 0. The maximum absolute atomic E-state index is 12.1. The third kappa shape index (κ3) is 3.92. The predicted octanol–water partition coefficient (Wildman–Crippen LogP) is 2.56. The number of benzene rings is 2. The van der Waals surface area contributed by atoms with Gasteiger partial charge in [-0.15, -0.1) is 0 Å². The van der Waals surface area contributed by atoms with Gasteiger partial charge >= 0.3 is 0 Å². The summed E-state index contributed by atoms with van der Waals surface area (Å²) in [6.45, 7) is 1.60. The number of nitro groups is 1. The van der Waals surface area contributed by atoms with Crippen molar-refractivity contribution in [2.45, 2.75) is 11.8 Å². The molecule has 0 saturated carbocycles. The van der Waals surface area contributed by atoms with Crippen LogP contribution in [0.25, 0.3) is 0 Å². The number of nitrogens with zero attached hydrogens (tertiary/aromatic N) is 1. The van der Waals surface area contributed by atoms with Crippen LogP contribution in [0.1, 0.15) is 15.9 Å². The second kappa shape index (κ2) is 6.17. The second-order valence-corrected chi connectivity index (χ2v) is 7.02. The zero-order chi connectivity index (χ0) is 17.2. The summed E-state index contributed by atoms with van der Waals surface area (Å²) in [5, 5.41) is 13.4. The predicted molar refractivity (Wildman–Crippen MR) is 85.3 cm³/mol. The van der Waals surface area contributed by atoms with Gasteiger partial charge in [0.15, 0.2) is 9.84 Å². The topological polar surface area (TPSA) is 106 Å². The van der Waals surface area contributed by atoms with Gasteiger partial charge in [0.1, 0.15) is 0 Å². The minimum absolute atomic E-state index is 0.0878. The van der Waals surface area contributed by atoms with Crippen molar-refractivity contribution in [1.29, 1.82) is 0 Å². The highest BCUT2D eigenvalue weighted by molar-refractivity contribution is 7.90. The van der Waals surface area contributed by atoms with Crippen LogP contribution in [0.2, 0.25) is 0 Å². The molecule has 0 bridgehead atoms. The van der Waals surface area contributed by atoms with Crippen LogP contribution in [-0.4, -0.2) is 25.5 Å². The van der Waals surface area contributed by atoms with E-state index in [0.29, 0.717) is 11.3 Å². The molecule has 0 aromatic heterocycles. The molecule has 0 saturated heterocycles. The fraction of sp³-hybridized carbons (Fsp3) is 0.133. The lowest BCUT2D eigenvalue weighted by Gasteiger charge is -2.07. The van der Waals surface area contributed by atoms with Gasteiger partial charge < -0.3 is 5.32 Å². The molecule has 0 unspecified atom stereocenters. The van der Waals surface area contributed by atoms with Gasteiger partial charge in [-0.25, -0.2) is 8.42 Å². The Balaban J connectivity index is 2.22. The van der Waals surface area contributed by atoms with Crippen LogP contribution in [0.4, 0.5) is 11.4 Å². The lowest BCUT2D eigenvalue weighted by Crippen LogP contribution is -2.12. The van der Waals surface area contributed by atoms with E-state index in [2.05, 4.69) is 5.32 Å². The monoisotopic (exact) mass is 334 g/mol. The maximum Gasteiger partial charge on any atom is 0.274 e. The number of hydrogen-bond donors (Lipinski definition) is 1. The number of carbonyl (C=O) groups is 1. The summed E-state index contributed by atoms with van der Waals surface area (Å²) in [6.07, 6.45) is 1.08. The quantitative estimate of drug-likeness (QED) is 0.683. The smallest absolute Gasteiger partial charge is 0.274 e. The highest BCUT2D eigenvalue weighted by Crippen LogP contribution is 2.22. The van der Waals surface area contributed by atoms with Crippen molar-refractivity contribution in [3.8, 4) is 0 Å². The lowest BCUT2D eigenvalue weighted by molar-refractivity contribution is -0.385. The Morgan fingerprint density at radius 1 is 1.13 bits per heavy atom. The van der Waals surface area contributed by atoms with Gasteiger partial charge in [-0.3, -0.25) is 14.9 Å². The van der Waals surface area contributed by atoms with Gasteiger partial charge in [-0.1, -0.05) is 6.07 Å². The number of aryl methyl sites for hydroxylation is 1. The average Bonchev–Trinajstić information content (AvgIpc) is 2.48. The van der Waals surface area contributed by atoms with Gasteiger partial charge in [-0.05, 0) is 37.3 Å². The summed E-state index contributed by atoms with van der Waals surface area (Å²) in [5.41, 5.74) is 0.945. The zero-order valence-corrected chi connectivity index (χ0v) is 13.3. The van der Waals surface area contributed by atoms with Gasteiger partial charge in [0.05, 0.1) is 9.82 Å². The molecule has 2 aromatic carbocycles. The standard InChI is InChI=1S/C15H14N2O5S/c1-10-3-6-12(9-14(10)17(19)20)16-15(18)11-4-7-13(8-5-11)23(2,21)22/h3-9H,1-2H3,(H,16,18). The number of nitrogens with one attached hydrogen (secondary N) is 1. The van der Waals surface area contributed by atoms with Crippen LogP contribution in [0, 0.1) is 17.0 Å². The van der Waals surface area contributed by atoms with Crippen molar-refractivity contribution in [2.75, 3.05) is 11.6 Å². The van der Waals surface area contributed by atoms with Crippen molar-refractivity contribution in [3.05, 3.63) is 63.7 Å². The number of amides is 1. The molecule has 0 aliphatic rings.